The SMILES string of the molecule is OCc1ncc([C@H](O)c2ccc(OC(F)F)c(-c3ccnc(OC(F)F)c3)c2)cn1. The highest BCUT2D eigenvalue weighted by atomic mass is 19.3. The second kappa shape index (κ2) is 9.46. The Hall–Kier alpha value is -3.31. The minimum absolute atomic E-state index is 0.0984. The molecule has 2 heterocycles. The number of aliphatic hydroxyl groups excluding tert-OH is 2. The van der Waals surface area contributed by atoms with E-state index < -0.39 is 25.2 Å². The summed E-state index contributed by atoms with van der Waals surface area (Å²) in [7, 11) is 0. The molecule has 158 valence electrons. The van der Waals surface area contributed by atoms with Crippen LogP contribution in [-0.2, 0) is 6.61 Å². The molecule has 0 spiro atoms. The van der Waals surface area contributed by atoms with Crippen LogP contribution in [0.2, 0.25) is 0 Å². The van der Waals surface area contributed by atoms with Gasteiger partial charge in [-0.25, -0.2) is 15.0 Å². The number of hydrogen-bond acceptors (Lipinski definition) is 7. The van der Waals surface area contributed by atoms with Gasteiger partial charge in [-0.1, -0.05) is 6.07 Å². The van der Waals surface area contributed by atoms with E-state index in [2.05, 4.69) is 24.4 Å². The van der Waals surface area contributed by atoms with E-state index in [0.29, 0.717) is 0 Å². The number of halogens is 4. The van der Waals surface area contributed by atoms with Crippen LogP contribution in [0.15, 0.2) is 48.9 Å². The van der Waals surface area contributed by atoms with Crippen LogP contribution in [0.5, 0.6) is 11.6 Å². The van der Waals surface area contributed by atoms with E-state index in [1.54, 1.807) is 0 Å². The van der Waals surface area contributed by atoms with Crippen molar-refractivity contribution < 1.29 is 37.2 Å². The highest BCUT2D eigenvalue weighted by Gasteiger charge is 2.18. The fraction of sp³-hybridized carbons (Fsp3) is 0.211. The van der Waals surface area contributed by atoms with Crippen LogP contribution in [0.3, 0.4) is 0 Å². The smallest absolute Gasteiger partial charge is 0.388 e. The Kier molecular flexibility index (Phi) is 6.75. The Morgan fingerprint density at radius 2 is 1.57 bits per heavy atom. The first-order valence-corrected chi connectivity index (χ1v) is 8.47. The molecule has 11 heteroatoms. The van der Waals surface area contributed by atoms with Crippen molar-refractivity contribution in [2.75, 3.05) is 0 Å². The van der Waals surface area contributed by atoms with E-state index in [0.717, 1.165) is 6.07 Å². The molecule has 0 aliphatic carbocycles. The average Bonchev–Trinajstić information content (AvgIpc) is 2.73. The number of aromatic nitrogens is 3. The third kappa shape index (κ3) is 5.19. The van der Waals surface area contributed by atoms with Crippen molar-refractivity contribution in [3.8, 4) is 22.8 Å². The van der Waals surface area contributed by atoms with Crippen LogP contribution in [0.4, 0.5) is 17.6 Å². The zero-order chi connectivity index (χ0) is 21.7. The molecule has 0 saturated heterocycles. The topological polar surface area (TPSA) is 97.6 Å². The third-order valence-corrected chi connectivity index (χ3v) is 3.97. The lowest BCUT2D eigenvalue weighted by atomic mass is 9.98. The van der Waals surface area contributed by atoms with Gasteiger partial charge in [0.05, 0.1) is 0 Å². The van der Waals surface area contributed by atoms with Crippen LogP contribution in [0.25, 0.3) is 11.1 Å². The molecule has 1 aromatic carbocycles. The highest BCUT2D eigenvalue weighted by molar-refractivity contribution is 5.72. The molecule has 0 aliphatic heterocycles. The van der Waals surface area contributed by atoms with Gasteiger partial charge in [0.15, 0.2) is 5.82 Å². The van der Waals surface area contributed by atoms with Crippen LogP contribution in [-0.4, -0.2) is 38.4 Å². The van der Waals surface area contributed by atoms with E-state index >= 15 is 0 Å². The molecule has 1 atom stereocenters. The van der Waals surface area contributed by atoms with Gasteiger partial charge in [0.1, 0.15) is 18.5 Å². The van der Waals surface area contributed by atoms with Crippen LogP contribution in [0.1, 0.15) is 23.1 Å². The predicted octanol–water partition coefficient (Wildman–Crippen LogP) is 3.32. The Balaban J connectivity index is 2.01. The maximum Gasteiger partial charge on any atom is 0.388 e. The summed E-state index contributed by atoms with van der Waals surface area (Å²) < 4.78 is 59.3. The summed E-state index contributed by atoms with van der Waals surface area (Å²) in [4.78, 5) is 11.4. The molecule has 0 aliphatic rings. The van der Waals surface area contributed by atoms with E-state index in [1.807, 2.05) is 0 Å². The van der Waals surface area contributed by atoms with Gasteiger partial charge >= 0.3 is 13.2 Å². The summed E-state index contributed by atoms with van der Waals surface area (Å²) in [6, 6.07) is 6.47. The van der Waals surface area contributed by atoms with Crippen molar-refractivity contribution in [3.05, 3.63) is 65.9 Å². The maximum absolute atomic E-state index is 12.8. The number of rotatable bonds is 8. The Morgan fingerprint density at radius 1 is 0.867 bits per heavy atom. The fourth-order valence-corrected chi connectivity index (χ4v) is 2.65. The summed E-state index contributed by atoms with van der Waals surface area (Å²) >= 11 is 0. The number of hydrogen-bond donors (Lipinski definition) is 2. The van der Waals surface area contributed by atoms with Gasteiger partial charge in [0.25, 0.3) is 0 Å². The molecule has 0 unspecified atom stereocenters. The van der Waals surface area contributed by atoms with E-state index in [1.165, 1.54) is 42.9 Å². The van der Waals surface area contributed by atoms with Gasteiger partial charge in [-0.05, 0) is 29.3 Å². The normalized spacial score (nSPS) is 12.3. The first-order valence-electron chi connectivity index (χ1n) is 8.47. The fourth-order valence-electron chi connectivity index (χ4n) is 2.65. The van der Waals surface area contributed by atoms with Crippen molar-refractivity contribution in [2.45, 2.75) is 25.9 Å². The lowest BCUT2D eigenvalue weighted by molar-refractivity contribution is -0.0528. The summed E-state index contributed by atoms with van der Waals surface area (Å²) in [5.74, 6) is -0.484. The Morgan fingerprint density at radius 3 is 2.20 bits per heavy atom. The quantitative estimate of drug-likeness (QED) is 0.535. The Bertz CT molecular complexity index is 990. The summed E-state index contributed by atoms with van der Waals surface area (Å²) in [6.07, 6.45) is 2.57. The molecular weight excluding hydrogens is 410 g/mol. The number of alkyl halides is 4. The lowest BCUT2D eigenvalue weighted by Crippen LogP contribution is -2.07. The minimum atomic E-state index is -3.13. The van der Waals surface area contributed by atoms with Gasteiger partial charge in [0, 0.05) is 35.8 Å². The number of aliphatic hydroxyl groups is 2. The molecule has 7 nitrogen and oxygen atoms in total. The third-order valence-electron chi connectivity index (χ3n) is 3.97. The van der Waals surface area contributed by atoms with E-state index in [4.69, 9.17) is 5.11 Å². The standard InChI is InChI=1S/C19H15F4N3O4/c20-18(21)29-14-2-1-11(17(28)12-7-25-15(9-27)26-8-12)5-13(14)10-3-4-24-16(6-10)30-19(22)23/h1-8,17-19,27-28H,9H2/t17-/m1/s1. The van der Waals surface area contributed by atoms with Crippen LogP contribution < -0.4 is 9.47 Å². The maximum atomic E-state index is 12.8. The molecule has 0 saturated carbocycles. The van der Waals surface area contributed by atoms with Crippen molar-refractivity contribution >= 4 is 0 Å². The molecule has 2 aromatic heterocycles. The van der Waals surface area contributed by atoms with Crippen molar-refractivity contribution in [2.24, 2.45) is 0 Å². The van der Waals surface area contributed by atoms with Crippen molar-refractivity contribution in [1.29, 1.82) is 0 Å². The summed E-state index contributed by atoms with van der Waals surface area (Å²) in [5.41, 5.74) is 0.871. The first kappa shape index (κ1) is 21.4. The molecule has 2 N–H and O–H groups in total. The number of ether oxygens (including phenoxy) is 2. The molecule has 3 rings (SSSR count). The predicted molar refractivity (Wildman–Crippen MR) is 95.0 cm³/mol. The zero-order valence-corrected chi connectivity index (χ0v) is 15.1. The molecule has 0 radical (unpaired) electrons. The van der Waals surface area contributed by atoms with Crippen LogP contribution in [0, 0.1) is 0 Å². The first-order chi connectivity index (χ1) is 14.4. The minimum Gasteiger partial charge on any atom is -0.434 e. The second-order valence-electron chi connectivity index (χ2n) is 5.89. The van der Waals surface area contributed by atoms with Crippen LogP contribution >= 0.6 is 0 Å². The van der Waals surface area contributed by atoms with Gasteiger partial charge < -0.3 is 19.7 Å². The number of nitrogens with zero attached hydrogens (tertiary/aromatic N) is 3. The van der Waals surface area contributed by atoms with E-state index in [-0.39, 0.29) is 40.4 Å². The second-order valence-corrected chi connectivity index (χ2v) is 5.89. The van der Waals surface area contributed by atoms with E-state index in [9.17, 15) is 22.7 Å². The highest BCUT2D eigenvalue weighted by Crippen LogP contribution is 2.36. The molecule has 0 bridgehead atoms. The average molecular weight is 425 g/mol. The van der Waals surface area contributed by atoms with Crippen molar-refractivity contribution in [3.63, 3.8) is 0 Å². The summed E-state index contributed by atoms with van der Waals surface area (Å²) in [6.45, 7) is -6.61. The molecule has 0 fully saturated rings. The summed E-state index contributed by atoms with van der Waals surface area (Å²) in [5, 5.41) is 19.6. The van der Waals surface area contributed by atoms with Gasteiger partial charge in [-0.2, -0.15) is 17.6 Å². The zero-order valence-electron chi connectivity index (χ0n) is 15.1. The van der Waals surface area contributed by atoms with Gasteiger partial charge in [-0.3, -0.25) is 0 Å². The molecule has 0 amide bonds. The lowest BCUT2D eigenvalue weighted by Gasteiger charge is -2.16. The Labute approximate surface area is 167 Å². The molecule has 30 heavy (non-hydrogen) atoms. The van der Waals surface area contributed by atoms with Gasteiger partial charge in [-0.15, -0.1) is 0 Å². The monoisotopic (exact) mass is 425 g/mol. The van der Waals surface area contributed by atoms with Crippen molar-refractivity contribution in [1.82, 2.24) is 15.0 Å². The molecule has 3 aromatic rings. The van der Waals surface area contributed by atoms with Gasteiger partial charge in [0.2, 0.25) is 5.88 Å². The number of benzene rings is 1. The number of pyridine rings is 1. The molecular formula is C19H15F4N3O4. The largest absolute Gasteiger partial charge is 0.434 e.